The quantitative estimate of drug-likeness (QED) is 0.910. The van der Waals surface area contributed by atoms with Crippen molar-refractivity contribution < 1.29 is 13.9 Å². The van der Waals surface area contributed by atoms with E-state index in [1.54, 1.807) is 18.4 Å². The summed E-state index contributed by atoms with van der Waals surface area (Å²) in [4.78, 5) is 9.12. The molecule has 2 atom stereocenters. The van der Waals surface area contributed by atoms with Gasteiger partial charge in [-0.05, 0) is 32.0 Å². The first-order valence-corrected chi connectivity index (χ1v) is 8.36. The molecule has 0 bridgehead atoms. The lowest BCUT2D eigenvalue weighted by molar-refractivity contribution is 0.0418. The first kappa shape index (κ1) is 17.1. The van der Waals surface area contributed by atoms with Crippen molar-refractivity contribution in [2.75, 3.05) is 26.2 Å². The zero-order valence-electron chi connectivity index (χ0n) is 14.2. The lowest BCUT2D eigenvalue weighted by Crippen LogP contribution is -2.53. The molecule has 2 heterocycles. The lowest BCUT2D eigenvalue weighted by Gasteiger charge is -2.40. The number of nitrogens with zero attached hydrogens (tertiary/aromatic N) is 3. The molecule has 0 aliphatic carbocycles. The number of aromatic nitrogens is 1. The van der Waals surface area contributed by atoms with Crippen LogP contribution >= 0.6 is 0 Å². The number of halogens is 1. The Hall–Kier alpha value is -1.76. The number of benzene rings is 1. The Bertz CT molecular complexity index is 674. The van der Waals surface area contributed by atoms with Crippen LogP contribution in [0.3, 0.4) is 0 Å². The summed E-state index contributed by atoms with van der Waals surface area (Å²) in [6.45, 7) is 8.21. The molecule has 3 rings (SSSR count). The third-order valence-electron chi connectivity index (χ3n) is 4.36. The van der Waals surface area contributed by atoms with Crippen molar-refractivity contribution in [2.24, 2.45) is 0 Å². The lowest BCUT2D eigenvalue weighted by atomic mass is 10.1. The number of aliphatic hydroxyl groups excluding tert-OH is 1. The molecule has 0 amide bonds. The maximum Gasteiger partial charge on any atom is 0.226 e. The van der Waals surface area contributed by atoms with Crippen molar-refractivity contribution in [2.45, 2.75) is 32.5 Å². The molecule has 1 aromatic carbocycles. The second kappa shape index (κ2) is 7.42. The molecule has 2 unspecified atom stereocenters. The summed E-state index contributed by atoms with van der Waals surface area (Å²) in [7, 11) is 0. The van der Waals surface area contributed by atoms with Crippen LogP contribution in [0.1, 0.15) is 19.5 Å². The topological polar surface area (TPSA) is 52.7 Å². The highest BCUT2D eigenvalue weighted by Gasteiger charge is 2.25. The molecule has 1 fully saturated rings. The molecule has 0 saturated carbocycles. The Kier molecular flexibility index (Phi) is 5.28. The summed E-state index contributed by atoms with van der Waals surface area (Å²) in [5.74, 6) is 0.153. The third-order valence-corrected chi connectivity index (χ3v) is 4.36. The van der Waals surface area contributed by atoms with Crippen LogP contribution in [0, 0.1) is 5.82 Å². The van der Waals surface area contributed by atoms with Crippen LogP contribution in [0.4, 0.5) is 4.39 Å². The molecule has 1 aromatic heterocycles. The van der Waals surface area contributed by atoms with E-state index in [1.165, 1.54) is 12.1 Å². The Morgan fingerprint density at radius 1 is 1.42 bits per heavy atom. The van der Waals surface area contributed by atoms with Gasteiger partial charge >= 0.3 is 0 Å². The Labute approximate surface area is 141 Å². The van der Waals surface area contributed by atoms with Crippen LogP contribution < -0.4 is 0 Å². The van der Waals surface area contributed by atoms with Gasteiger partial charge in [0.2, 0.25) is 5.89 Å². The summed E-state index contributed by atoms with van der Waals surface area (Å²) in [5.41, 5.74) is 1.50. The van der Waals surface area contributed by atoms with Crippen LogP contribution in [-0.2, 0) is 6.54 Å². The van der Waals surface area contributed by atoms with E-state index in [9.17, 15) is 9.50 Å². The molecular weight excluding hydrogens is 309 g/mol. The van der Waals surface area contributed by atoms with Gasteiger partial charge in [-0.2, -0.15) is 0 Å². The molecule has 1 N–H and O–H groups in total. The van der Waals surface area contributed by atoms with E-state index in [-0.39, 0.29) is 11.9 Å². The molecule has 130 valence electrons. The van der Waals surface area contributed by atoms with Gasteiger partial charge in [0.25, 0.3) is 0 Å². The fourth-order valence-electron chi connectivity index (χ4n) is 3.19. The normalized spacial score (nSPS) is 21.1. The first-order valence-electron chi connectivity index (χ1n) is 8.36. The monoisotopic (exact) mass is 333 g/mol. The van der Waals surface area contributed by atoms with Gasteiger partial charge in [0.15, 0.2) is 0 Å². The number of oxazole rings is 1. The van der Waals surface area contributed by atoms with Gasteiger partial charge in [0.1, 0.15) is 12.1 Å². The summed E-state index contributed by atoms with van der Waals surface area (Å²) < 4.78 is 18.8. The Morgan fingerprint density at radius 2 is 2.25 bits per heavy atom. The zero-order valence-corrected chi connectivity index (χ0v) is 14.2. The predicted molar refractivity (Wildman–Crippen MR) is 89.9 cm³/mol. The average molecular weight is 333 g/mol. The van der Waals surface area contributed by atoms with Gasteiger partial charge in [0.05, 0.1) is 11.8 Å². The Balaban J connectivity index is 1.60. The molecule has 1 aliphatic rings. The molecule has 0 spiro atoms. The van der Waals surface area contributed by atoms with Crippen LogP contribution in [0.2, 0.25) is 0 Å². The van der Waals surface area contributed by atoms with E-state index in [0.29, 0.717) is 30.6 Å². The molecule has 1 aliphatic heterocycles. The molecule has 5 nitrogen and oxygen atoms in total. The number of aliphatic hydroxyl groups is 1. The fourth-order valence-corrected chi connectivity index (χ4v) is 3.19. The first-order chi connectivity index (χ1) is 11.5. The maximum atomic E-state index is 13.3. The van der Waals surface area contributed by atoms with Crippen molar-refractivity contribution in [1.82, 2.24) is 14.8 Å². The van der Waals surface area contributed by atoms with Gasteiger partial charge in [-0.3, -0.25) is 9.80 Å². The highest BCUT2D eigenvalue weighted by Crippen LogP contribution is 2.21. The van der Waals surface area contributed by atoms with Crippen molar-refractivity contribution in [3.8, 4) is 11.5 Å². The van der Waals surface area contributed by atoms with Crippen LogP contribution in [0.5, 0.6) is 0 Å². The van der Waals surface area contributed by atoms with E-state index in [4.69, 9.17) is 4.42 Å². The number of hydrogen-bond acceptors (Lipinski definition) is 5. The van der Waals surface area contributed by atoms with Crippen molar-refractivity contribution >= 4 is 0 Å². The highest BCUT2D eigenvalue weighted by atomic mass is 19.1. The minimum Gasteiger partial charge on any atom is -0.444 e. The van der Waals surface area contributed by atoms with E-state index in [0.717, 1.165) is 25.3 Å². The maximum absolute atomic E-state index is 13.3. The molecule has 2 aromatic rings. The molecular formula is C18H24FN3O2. The van der Waals surface area contributed by atoms with Crippen molar-refractivity contribution in [1.29, 1.82) is 0 Å². The summed E-state index contributed by atoms with van der Waals surface area (Å²) in [6.07, 6.45) is 1.34. The van der Waals surface area contributed by atoms with Crippen LogP contribution in [-0.4, -0.2) is 58.2 Å². The van der Waals surface area contributed by atoms with Crippen LogP contribution in [0.15, 0.2) is 34.9 Å². The van der Waals surface area contributed by atoms with Crippen molar-refractivity contribution in [3.05, 3.63) is 42.0 Å². The zero-order chi connectivity index (χ0) is 17.1. The third kappa shape index (κ3) is 4.20. The number of piperazine rings is 1. The van der Waals surface area contributed by atoms with Gasteiger partial charge in [-0.1, -0.05) is 6.07 Å². The minimum absolute atomic E-state index is 0.296. The second-order valence-corrected chi connectivity index (χ2v) is 6.58. The number of β-amino-alcohol motifs (C(OH)–C–C–N with tert-alkyl or cyclic N) is 1. The fraction of sp³-hybridized carbons (Fsp3) is 0.500. The van der Waals surface area contributed by atoms with Gasteiger partial charge in [-0.15, -0.1) is 0 Å². The standard InChI is InChI=1S/C18H24FN3O2/c1-13-9-21(6-7-22(13)10-14(2)23)11-17-12-24-18(20-17)15-4-3-5-16(19)8-15/h3-5,8,12-14,23H,6-7,9-11H2,1-2H3. The van der Waals surface area contributed by atoms with E-state index in [2.05, 4.69) is 21.7 Å². The number of rotatable bonds is 5. The molecule has 6 heteroatoms. The average Bonchev–Trinajstić information content (AvgIpc) is 2.98. The van der Waals surface area contributed by atoms with E-state index >= 15 is 0 Å². The van der Waals surface area contributed by atoms with Crippen molar-refractivity contribution in [3.63, 3.8) is 0 Å². The summed E-state index contributed by atoms with van der Waals surface area (Å²) >= 11 is 0. The van der Waals surface area contributed by atoms with Gasteiger partial charge in [-0.25, -0.2) is 9.37 Å². The Morgan fingerprint density at radius 3 is 2.96 bits per heavy atom. The number of hydrogen-bond donors (Lipinski definition) is 1. The van der Waals surface area contributed by atoms with Gasteiger partial charge < -0.3 is 9.52 Å². The van der Waals surface area contributed by atoms with Gasteiger partial charge in [0, 0.05) is 44.3 Å². The summed E-state index contributed by atoms with van der Waals surface area (Å²) in [6, 6.07) is 6.66. The smallest absolute Gasteiger partial charge is 0.226 e. The summed E-state index contributed by atoms with van der Waals surface area (Å²) in [5, 5.41) is 9.55. The highest BCUT2D eigenvalue weighted by molar-refractivity contribution is 5.52. The molecule has 0 radical (unpaired) electrons. The van der Waals surface area contributed by atoms with E-state index < -0.39 is 0 Å². The van der Waals surface area contributed by atoms with Crippen LogP contribution in [0.25, 0.3) is 11.5 Å². The minimum atomic E-state index is -0.302. The molecule has 1 saturated heterocycles. The second-order valence-electron chi connectivity index (χ2n) is 6.58. The predicted octanol–water partition coefficient (Wildman–Crippen LogP) is 2.37. The molecule has 24 heavy (non-hydrogen) atoms. The largest absolute Gasteiger partial charge is 0.444 e. The van der Waals surface area contributed by atoms with E-state index in [1.807, 2.05) is 6.92 Å². The SMILES string of the molecule is CC(O)CN1CCN(Cc2coc(-c3cccc(F)c3)n2)CC1C.